The molecular formula is C18H14ClFN2O3. The molecule has 3 aromatic rings. The number of esters is 1. The van der Waals surface area contributed by atoms with Gasteiger partial charge >= 0.3 is 5.97 Å². The maximum atomic E-state index is 13.7. The summed E-state index contributed by atoms with van der Waals surface area (Å²) in [5.41, 5.74) is 1.52. The van der Waals surface area contributed by atoms with Crippen LogP contribution in [0.25, 0.3) is 5.65 Å². The number of carbonyl (C=O) groups excluding carboxylic acids is 1. The number of hydrogen-bond acceptors (Lipinski definition) is 4. The Kier molecular flexibility index (Phi) is 4.81. The van der Waals surface area contributed by atoms with E-state index >= 15 is 0 Å². The Morgan fingerprint density at radius 1 is 1.32 bits per heavy atom. The summed E-state index contributed by atoms with van der Waals surface area (Å²) in [5, 5.41) is 0.161. The van der Waals surface area contributed by atoms with Gasteiger partial charge in [0, 0.05) is 22.8 Å². The Hall–Kier alpha value is -2.73. The fraction of sp³-hybridized carbons (Fsp3) is 0.167. The molecule has 25 heavy (non-hydrogen) atoms. The Morgan fingerprint density at radius 2 is 2.12 bits per heavy atom. The number of aromatic nitrogens is 2. The minimum atomic E-state index is -0.655. The quantitative estimate of drug-likeness (QED) is 0.671. The van der Waals surface area contributed by atoms with Crippen LogP contribution >= 0.6 is 11.6 Å². The molecule has 0 aliphatic rings. The van der Waals surface area contributed by atoms with E-state index in [4.69, 9.17) is 16.3 Å². The van der Waals surface area contributed by atoms with E-state index in [0.29, 0.717) is 11.3 Å². The Balaban J connectivity index is 1.73. The zero-order valence-electron chi connectivity index (χ0n) is 13.3. The molecule has 0 fully saturated rings. The second kappa shape index (κ2) is 7.03. The average molecular weight is 361 g/mol. The molecule has 0 aliphatic heterocycles. The first-order chi connectivity index (χ1) is 11.9. The van der Waals surface area contributed by atoms with Crippen LogP contribution in [0, 0.1) is 12.7 Å². The van der Waals surface area contributed by atoms with Crippen molar-refractivity contribution in [3.63, 3.8) is 0 Å². The number of hydrogen-bond donors (Lipinski definition) is 0. The van der Waals surface area contributed by atoms with Crippen LogP contribution in [-0.4, -0.2) is 15.4 Å². The Bertz CT molecular complexity index is 997. The third-order valence-electron chi connectivity index (χ3n) is 3.62. The van der Waals surface area contributed by atoms with Gasteiger partial charge in [0.05, 0.1) is 12.1 Å². The smallest absolute Gasteiger partial charge is 0.310 e. The minimum absolute atomic E-state index is 0.0798. The van der Waals surface area contributed by atoms with E-state index in [-0.39, 0.29) is 29.2 Å². The van der Waals surface area contributed by atoms with Gasteiger partial charge in [-0.3, -0.25) is 14.0 Å². The van der Waals surface area contributed by atoms with Crippen LogP contribution in [0.4, 0.5) is 4.39 Å². The molecule has 5 nitrogen and oxygen atoms in total. The van der Waals surface area contributed by atoms with E-state index in [1.165, 1.54) is 28.7 Å². The fourth-order valence-corrected chi connectivity index (χ4v) is 2.61. The molecule has 0 amide bonds. The van der Waals surface area contributed by atoms with Crippen LogP contribution in [0.15, 0.2) is 47.4 Å². The van der Waals surface area contributed by atoms with E-state index in [2.05, 4.69) is 4.98 Å². The summed E-state index contributed by atoms with van der Waals surface area (Å²) in [6.45, 7) is 1.69. The normalized spacial score (nSPS) is 10.8. The lowest BCUT2D eigenvalue weighted by atomic mass is 10.1. The van der Waals surface area contributed by atoms with Gasteiger partial charge in [0.25, 0.3) is 5.56 Å². The SMILES string of the molecule is Cc1ccc2nc(COC(=O)Cc3c(F)cccc3Cl)cc(=O)n2c1. The molecule has 0 bridgehead atoms. The number of halogens is 2. The number of benzene rings is 1. The van der Waals surface area contributed by atoms with Crippen molar-refractivity contribution >= 4 is 23.2 Å². The van der Waals surface area contributed by atoms with E-state index in [1.807, 2.05) is 13.0 Å². The lowest BCUT2D eigenvalue weighted by Crippen LogP contribution is -2.17. The second-order valence-corrected chi connectivity index (χ2v) is 5.97. The van der Waals surface area contributed by atoms with E-state index < -0.39 is 11.8 Å². The van der Waals surface area contributed by atoms with Gasteiger partial charge in [-0.05, 0) is 30.7 Å². The van der Waals surface area contributed by atoms with Gasteiger partial charge in [0.2, 0.25) is 0 Å². The summed E-state index contributed by atoms with van der Waals surface area (Å²) in [7, 11) is 0. The van der Waals surface area contributed by atoms with Gasteiger partial charge in [-0.15, -0.1) is 0 Å². The number of rotatable bonds is 4. The van der Waals surface area contributed by atoms with Crippen molar-refractivity contribution < 1.29 is 13.9 Å². The van der Waals surface area contributed by atoms with E-state index in [0.717, 1.165) is 5.56 Å². The third kappa shape index (κ3) is 3.85. The fourth-order valence-electron chi connectivity index (χ4n) is 2.38. The van der Waals surface area contributed by atoms with Gasteiger partial charge in [0.1, 0.15) is 18.1 Å². The maximum absolute atomic E-state index is 13.7. The van der Waals surface area contributed by atoms with Gasteiger partial charge in [-0.1, -0.05) is 23.7 Å². The first kappa shape index (κ1) is 17.1. The molecule has 0 N–H and O–H groups in total. The van der Waals surface area contributed by atoms with Crippen molar-refractivity contribution in [2.24, 2.45) is 0 Å². The van der Waals surface area contributed by atoms with E-state index in [9.17, 15) is 14.0 Å². The molecule has 2 aromatic heterocycles. The average Bonchev–Trinajstić information content (AvgIpc) is 2.57. The molecular weight excluding hydrogens is 347 g/mol. The molecule has 7 heteroatoms. The number of fused-ring (bicyclic) bond motifs is 1. The number of nitrogens with zero attached hydrogens (tertiary/aromatic N) is 2. The van der Waals surface area contributed by atoms with Crippen molar-refractivity contribution in [2.75, 3.05) is 0 Å². The third-order valence-corrected chi connectivity index (χ3v) is 3.98. The van der Waals surface area contributed by atoms with Gasteiger partial charge < -0.3 is 4.74 Å². The largest absolute Gasteiger partial charge is 0.459 e. The molecule has 0 atom stereocenters. The van der Waals surface area contributed by atoms with Gasteiger partial charge in [-0.2, -0.15) is 0 Å². The van der Waals surface area contributed by atoms with Crippen molar-refractivity contribution in [3.8, 4) is 0 Å². The predicted octanol–water partition coefficient (Wildman–Crippen LogP) is 3.08. The Labute approximate surface area is 147 Å². The first-order valence-electron chi connectivity index (χ1n) is 7.51. The number of pyridine rings is 1. The van der Waals surface area contributed by atoms with Crippen LogP contribution < -0.4 is 5.56 Å². The van der Waals surface area contributed by atoms with Crippen molar-refractivity contribution in [3.05, 3.63) is 80.6 Å². The lowest BCUT2D eigenvalue weighted by Gasteiger charge is -2.08. The molecule has 0 saturated heterocycles. The molecule has 0 spiro atoms. The van der Waals surface area contributed by atoms with Crippen LogP contribution in [0.2, 0.25) is 5.02 Å². The van der Waals surface area contributed by atoms with E-state index in [1.54, 1.807) is 12.3 Å². The maximum Gasteiger partial charge on any atom is 0.310 e. The number of carbonyl (C=O) groups is 1. The highest BCUT2D eigenvalue weighted by molar-refractivity contribution is 6.31. The topological polar surface area (TPSA) is 60.7 Å². The molecule has 2 heterocycles. The molecule has 1 aromatic carbocycles. The Morgan fingerprint density at radius 3 is 2.88 bits per heavy atom. The van der Waals surface area contributed by atoms with Crippen molar-refractivity contribution in [1.29, 1.82) is 0 Å². The van der Waals surface area contributed by atoms with Gasteiger partial charge in [0.15, 0.2) is 0 Å². The summed E-state index contributed by atoms with van der Waals surface area (Å²) in [4.78, 5) is 28.3. The van der Waals surface area contributed by atoms with Crippen LogP contribution in [-0.2, 0) is 22.6 Å². The summed E-state index contributed by atoms with van der Waals surface area (Å²) in [6, 6.07) is 9.03. The highest BCUT2D eigenvalue weighted by Crippen LogP contribution is 2.19. The van der Waals surface area contributed by atoms with Gasteiger partial charge in [-0.25, -0.2) is 9.37 Å². The summed E-state index contributed by atoms with van der Waals surface area (Å²) < 4.78 is 20.2. The zero-order valence-corrected chi connectivity index (χ0v) is 14.1. The summed E-state index contributed by atoms with van der Waals surface area (Å²) >= 11 is 5.89. The number of ether oxygens (including phenoxy) is 1. The number of aryl methyl sites for hydroxylation is 1. The minimum Gasteiger partial charge on any atom is -0.459 e. The monoisotopic (exact) mass is 360 g/mol. The zero-order chi connectivity index (χ0) is 18.0. The van der Waals surface area contributed by atoms with Crippen LogP contribution in [0.5, 0.6) is 0 Å². The summed E-state index contributed by atoms with van der Waals surface area (Å²) in [6.07, 6.45) is 1.39. The highest BCUT2D eigenvalue weighted by Gasteiger charge is 2.13. The lowest BCUT2D eigenvalue weighted by molar-refractivity contribution is -0.144. The van der Waals surface area contributed by atoms with Crippen molar-refractivity contribution in [1.82, 2.24) is 9.38 Å². The van der Waals surface area contributed by atoms with Crippen LogP contribution in [0.3, 0.4) is 0 Å². The summed E-state index contributed by atoms with van der Waals surface area (Å²) in [5.74, 6) is -1.22. The molecule has 0 unspecified atom stereocenters. The molecule has 0 radical (unpaired) electrons. The van der Waals surface area contributed by atoms with Crippen molar-refractivity contribution in [2.45, 2.75) is 20.0 Å². The standard InChI is InChI=1S/C18H14ClFN2O3/c1-11-5-6-16-21-12(7-17(23)22(16)9-11)10-25-18(24)8-13-14(19)3-2-4-15(13)20/h2-7,9H,8,10H2,1H3. The molecule has 3 rings (SSSR count). The second-order valence-electron chi connectivity index (χ2n) is 5.56. The van der Waals surface area contributed by atoms with Crippen LogP contribution in [0.1, 0.15) is 16.8 Å². The predicted molar refractivity (Wildman–Crippen MR) is 91.1 cm³/mol. The molecule has 128 valence electrons. The molecule has 0 aliphatic carbocycles. The molecule has 0 saturated carbocycles. The first-order valence-corrected chi connectivity index (χ1v) is 7.89. The highest BCUT2D eigenvalue weighted by atomic mass is 35.5.